The molecule has 15 heavy (non-hydrogen) atoms. The van der Waals surface area contributed by atoms with Gasteiger partial charge in [0.25, 0.3) is 5.69 Å². The van der Waals surface area contributed by atoms with Crippen molar-refractivity contribution in [2.75, 3.05) is 0 Å². The Morgan fingerprint density at radius 1 is 1.47 bits per heavy atom. The van der Waals surface area contributed by atoms with Gasteiger partial charge in [-0.1, -0.05) is 0 Å². The number of benzene rings is 1. The standard InChI is InChI=1S/C6H5INO6P/c7-5-3-4(8(9)10)1-2-6(5)14-15(11,12)13/h1-3H,(H2,11,12,13). The van der Waals surface area contributed by atoms with Crippen molar-refractivity contribution in [2.45, 2.75) is 0 Å². The Bertz CT molecular complexity index is 443. The van der Waals surface area contributed by atoms with Crippen LogP contribution in [0.25, 0.3) is 0 Å². The first kappa shape index (κ1) is 12.4. The van der Waals surface area contributed by atoms with E-state index in [0.717, 1.165) is 18.2 Å². The van der Waals surface area contributed by atoms with Gasteiger partial charge in [0.1, 0.15) is 5.75 Å². The summed E-state index contributed by atoms with van der Waals surface area (Å²) in [5.41, 5.74) is -0.169. The fourth-order valence-electron chi connectivity index (χ4n) is 0.805. The molecule has 0 aliphatic heterocycles. The summed E-state index contributed by atoms with van der Waals surface area (Å²) in [6.45, 7) is 0. The van der Waals surface area contributed by atoms with Gasteiger partial charge in [0, 0.05) is 12.1 Å². The highest BCUT2D eigenvalue weighted by Gasteiger charge is 2.19. The molecule has 0 spiro atoms. The minimum absolute atomic E-state index is 0.0884. The average Bonchev–Trinajstić information content (AvgIpc) is 2.05. The lowest BCUT2D eigenvalue weighted by Gasteiger charge is -2.07. The molecule has 0 aliphatic rings. The lowest BCUT2D eigenvalue weighted by atomic mass is 10.3. The van der Waals surface area contributed by atoms with Gasteiger partial charge in [0.05, 0.1) is 8.49 Å². The molecule has 1 aromatic rings. The van der Waals surface area contributed by atoms with Crippen LogP contribution in [0.4, 0.5) is 5.69 Å². The maximum atomic E-state index is 10.5. The molecular weight excluding hydrogens is 340 g/mol. The van der Waals surface area contributed by atoms with Crippen LogP contribution in [0, 0.1) is 13.7 Å². The van der Waals surface area contributed by atoms with Crippen LogP contribution < -0.4 is 4.52 Å². The van der Waals surface area contributed by atoms with Crippen molar-refractivity contribution in [1.29, 1.82) is 0 Å². The third kappa shape index (κ3) is 3.74. The molecule has 0 amide bonds. The molecule has 1 aromatic carbocycles. The molecule has 9 heteroatoms. The van der Waals surface area contributed by atoms with E-state index < -0.39 is 12.7 Å². The van der Waals surface area contributed by atoms with E-state index in [1.807, 2.05) is 0 Å². The molecule has 0 aliphatic carbocycles. The molecule has 0 saturated carbocycles. The number of halogens is 1. The van der Waals surface area contributed by atoms with Crippen molar-refractivity contribution in [2.24, 2.45) is 0 Å². The predicted octanol–water partition coefficient (Wildman–Crippen LogP) is 1.67. The summed E-state index contributed by atoms with van der Waals surface area (Å²) >= 11 is 1.69. The minimum Gasteiger partial charge on any atom is -0.403 e. The second-order valence-electron chi connectivity index (χ2n) is 2.45. The number of non-ortho nitro benzene ring substituents is 1. The maximum absolute atomic E-state index is 10.5. The van der Waals surface area contributed by atoms with Crippen LogP contribution in [0.3, 0.4) is 0 Å². The minimum atomic E-state index is -4.63. The van der Waals surface area contributed by atoms with Crippen LogP contribution in [-0.4, -0.2) is 14.7 Å². The van der Waals surface area contributed by atoms with Gasteiger partial charge in [-0.2, -0.15) is 0 Å². The fourth-order valence-corrected chi connectivity index (χ4v) is 2.00. The van der Waals surface area contributed by atoms with Crippen molar-refractivity contribution in [3.63, 3.8) is 0 Å². The Balaban J connectivity index is 3.04. The largest absolute Gasteiger partial charge is 0.524 e. The van der Waals surface area contributed by atoms with E-state index in [-0.39, 0.29) is 15.0 Å². The molecule has 7 nitrogen and oxygen atoms in total. The molecule has 0 bridgehead atoms. The van der Waals surface area contributed by atoms with Crippen LogP contribution in [0.2, 0.25) is 0 Å². The van der Waals surface area contributed by atoms with Crippen LogP contribution >= 0.6 is 30.4 Å². The molecule has 0 saturated heterocycles. The molecule has 0 heterocycles. The van der Waals surface area contributed by atoms with Crippen LogP contribution in [-0.2, 0) is 4.57 Å². The van der Waals surface area contributed by atoms with E-state index >= 15 is 0 Å². The summed E-state index contributed by atoms with van der Waals surface area (Å²) in [5, 5.41) is 10.4. The molecule has 0 atom stereocenters. The maximum Gasteiger partial charge on any atom is 0.524 e. The summed E-state index contributed by atoms with van der Waals surface area (Å²) in [4.78, 5) is 26.8. The number of nitrogens with zero attached hydrogens (tertiary/aromatic N) is 1. The van der Waals surface area contributed by atoms with Crippen LogP contribution in [0.15, 0.2) is 18.2 Å². The van der Waals surface area contributed by atoms with Gasteiger partial charge in [-0.3, -0.25) is 19.9 Å². The third-order valence-corrected chi connectivity index (χ3v) is 2.62. The lowest BCUT2D eigenvalue weighted by molar-refractivity contribution is -0.385. The summed E-state index contributed by atoms with van der Waals surface area (Å²) in [7, 11) is -4.63. The first-order valence-electron chi connectivity index (χ1n) is 3.49. The first-order valence-corrected chi connectivity index (χ1v) is 6.09. The monoisotopic (exact) mass is 345 g/mol. The van der Waals surface area contributed by atoms with E-state index in [2.05, 4.69) is 4.52 Å². The molecule has 0 unspecified atom stereocenters. The molecule has 82 valence electrons. The van der Waals surface area contributed by atoms with Gasteiger partial charge >= 0.3 is 7.82 Å². The predicted molar refractivity (Wildman–Crippen MR) is 58.5 cm³/mol. The van der Waals surface area contributed by atoms with Gasteiger partial charge in [-0.15, -0.1) is 0 Å². The summed E-state index contributed by atoms with van der Waals surface area (Å²) < 4.78 is 15.1. The van der Waals surface area contributed by atoms with E-state index in [9.17, 15) is 14.7 Å². The smallest absolute Gasteiger partial charge is 0.403 e. The number of phosphoric ester groups is 1. The van der Waals surface area contributed by atoms with Gasteiger partial charge in [-0.25, -0.2) is 4.57 Å². The van der Waals surface area contributed by atoms with Crippen molar-refractivity contribution >= 4 is 36.1 Å². The molecule has 2 N–H and O–H groups in total. The van der Waals surface area contributed by atoms with E-state index in [4.69, 9.17) is 9.79 Å². The number of hydrogen-bond acceptors (Lipinski definition) is 4. The quantitative estimate of drug-likeness (QED) is 0.373. The Kier molecular flexibility index (Phi) is 3.66. The van der Waals surface area contributed by atoms with Crippen LogP contribution in [0.1, 0.15) is 0 Å². The number of hydrogen-bond donors (Lipinski definition) is 2. The zero-order chi connectivity index (χ0) is 11.6. The van der Waals surface area contributed by atoms with Crippen LogP contribution in [0.5, 0.6) is 5.75 Å². The zero-order valence-corrected chi connectivity index (χ0v) is 10.1. The highest BCUT2D eigenvalue weighted by atomic mass is 127. The number of nitro benzene ring substituents is 1. The molecule has 0 fully saturated rings. The highest BCUT2D eigenvalue weighted by molar-refractivity contribution is 14.1. The number of phosphoric acid groups is 1. The van der Waals surface area contributed by atoms with Gasteiger partial charge in [0.2, 0.25) is 0 Å². The first-order chi connectivity index (χ1) is 6.79. The highest BCUT2D eigenvalue weighted by Crippen LogP contribution is 2.40. The van der Waals surface area contributed by atoms with Gasteiger partial charge in [0.15, 0.2) is 0 Å². The summed E-state index contributed by atoms with van der Waals surface area (Å²) in [6, 6.07) is 3.40. The van der Waals surface area contributed by atoms with E-state index in [0.29, 0.717) is 0 Å². The fraction of sp³-hybridized carbons (Fsp3) is 0. The van der Waals surface area contributed by atoms with E-state index in [1.54, 1.807) is 22.6 Å². The zero-order valence-electron chi connectivity index (χ0n) is 7.03. The summed E-state index contributed by atoms with van der Waals surface area (Å²) in [5.74, 6) is -0.0884. The number of nitro groups is 1. The lowest BCUT2D eigenvalue weighted by Crippen LogP contribution is -1.94. The molecule has 0 radical (unpaired) electrons. The third-order valence-electron chi connectivity index (χ3n) is 1.34. The average molecular weight is 345 g/mol. The van der Waals surface area contributed by atoms with Crippen molar-refractivity contribution in [1.82, 2.24) is 0 Å². The summed E-state index contributed by atoms with van der Waals surface area (Å²) in [6.07, 6.45) is 0. The molecule has 1 rings (SSSR count). The second-order valence-corrected chi connectivity index (χ2v) is 4.78. The van der Waals surface area contributed by atoms with Gasteiger partial charge < -0.3 is 4.52 Å². The Labute approximate surface area is 97.6 Å². The number of rotatable bonds is 3. The second kappa shape index (κ2) is 4.44. The van der Waals surface area contributed by atoms with Crippen molar-refractivity contribution < 1.29 is 23.8 Å². The Morgan fingerprint density at radius 2 is 2.07 bits per heavy atom. The van der Waals surface area contributed by atoms with Crippen molar-refractivity contribution in [3.8, 4) is 5.75 Å². The van der Waals surface area contributed by atoms with Gasteiger partial charge in [-0.05, 0) is 28.7 Å². The normalized spacial score (nSPS) is 11.1. The molecule has 0 aromatic heterocycles. The topological polar surface area (TPSA) is 110 Å². The Hall–Kier alpha value is -0.700. The Morgan fingerprint density at radius 3 is 2.47 bits per heavy atom. The van der Waals surface area contributed by atoms with Crippen molar-refractivity contribution in [3.05, 3.63) is 31.9 Å². The van der Waals surface area contributed by atoms with E-state index in [1.165, 1.54) is 0 Å². The SMILES string of the molecule is O=[N+]([O-])c1ccc(OP(=O)(O)O)c(I)c1. The molecular formula is C6H5INO6P.